The second-order valence-electron chi connectivity index (χ2n) is 6.61. The highest BCUT2D eigenvalue weighted by Gasteiger charge is 2.18. The summed E-state index contributed by atoms with van der Waals surface area (Å²) >= 11 is 0. The summed E-state index contributed by atoms with van der Waals surface area (Å²) in [5.74, 6) is 0.709. The summed E-state index contributed by atoms with van der Waals surface area (Å²) in [6.45, 7) is 3.94. The number of carbonyl (C=O) groups excluding carboxylic acids is 1. The SMILES string of the molecule is COc1ccc(CC(=O)N=Nc2c(O)n(C(C)C)c3ccccc23)cc1OC. The Labute approximate surface area is 163 Å². The molecule has 1 N–H and O–H groups in total. The molecule has 0 aliphatic heterocycles. The maximum Gasteiger partial charge on any atom is 0.269 e. The number of methoxy groups -OCH3 is 2. The Balaban J connectivity index is 1.86. The van der Waals surface area contributed by atoms with E-state index < -0.39 is 5.91 Å². The van der Waals surface area contributed by atoms with Gasteiger partial charge in [-0.3, -0.25) is 4.79 Å². The van der Waals surface area contributed by atoms with E-state index in [4.69, 9.17) is 9.47 Å². The summed E-state index contributed by atoms with van der Waals surface area (Å²) in [5.41, 5.74) is 1.87. The number of ether oxygens (including phenoxy) is 2. The summed E-state index contributed by atoms with van der Waals surface area (Å²) < 4.78 is 12.2. The zero-order valence-electron chi connectivity index (χ0n) is 16.3. The van der Waals surface area contributed by atoms with E-state index in [1.54, 1.807) is 29.9 Å². The number of nitrogens with zero attached hydrogens (tertiary/aromatic N) is 3. The molecule has 146 valence electrons. The highest BCUT2D eigenvalue weighted by Crippen LogP contribution is 2.40. The Bertz CT molecular complexity index is 1040. The van der Waals surface area contributed by atoms with Crippen LogP contribution >= 0.6 is 0 Å². The molecule has 0 aliphatic carbocycles. The molecular weight excluding hydrogens is 358 g/mol. The molecule has 0 fully saturated rings. The van der Waals surface area contributed by atoms with E-state index in [9.17, 15) is 9.90 Å². The summed E-state index contributed by atoms with van der Waals surface area (Å²) in [7, 11) is 3.09. The van der Waals surface area contributed by atoms with Crippen LogP contribution in [0, 0.1) is 0 Å². The van der Waals surface area contributed by atoms with Crippen LogP contribution in [0.1, 0.15) is 25.5 Å². The van der Waals surface area contributed by atoms with Crippen LogP contribution in [-0.2, 0) is 11.2 Å². The first-order valence-electron chi connectivity index (χ1n) is 8.93. The maximum atomic E-state index is 12.3. The standard InChI is InChI=1S/C21H23N3O4/c1-13(2)24-16-8-6-5-7-15(16)20(21(24)26)23-22-19(25)12-14-9-10-17(27-3)18(11-14)28-4/h5-11,13,26H,12H2,1-4H3. The smallest absolute Gasteiger partial charge is 0.269 e. The fourth-order valence-corrected chi connectivity index (χ4v) is 3.16. The number of carbonyl (C=O) groups is 1. The summed E-state index contributed by atoms with van der Waals surface area (Å²) in [6.07, 6.45) is 0.0629. The summed E-state index contributed by atoms with van der Waals surface area (Å²) in [6, 6.07) is 12.8. The number of fused-ring (bicyclic) bond motifs is 1. The second-order valence-corrected chi connectivity index (χ2v) is 6.61. The van der Waals surface area contributed by atoms with Crippen molar-refractivity contribution in [3.63, 3.8) is 0 Å². The van der Waals surface area contributed by atoms with Gasteiger partial charge in [-0.15, -0.1) is 10.2 Å². The van der Waals surface area contributed by atoms with Crippen LogP contribution in [0.3, 0.4) is 0 Å². The topological polar surface area (TPSA) is 85.4 Å². The first-order chi connectivity index (χ1) is 13.5. The van der Waals surface area contributed by atoms with Gasteiger partial charge in [-0.2, -0.15) is 0 Å². The molecule has 1 amide bonds. The number of aromatic hydroxyl groups is 1. The molecule has 0 aliphatic rings. The van der Waals surface area contributed by atoms with E-state index in [-0.39, 0.29) is 18.3 Å². The van der Waals surface area contributed by atoms with Gasteiger partial charge < -0.3 is 19.1 Å². The van der Waals surface area contributed by atoms with Gasteiger partial charge in [0.05, 0.1) is 26.2 Å². The van der Waals surface area contributed by atoms with Crippen LogP contribution in [0.25, 0.3) is 10.9 Å². The van der Waals surface area contributed by atoms with Gasteiger partial charge in [-0.05, 0) is 37.6 Å². The lowest BCUT2D eigenvalue weighted by molar-refractivity contribution is -0.117. The lowest BCUT2D eigenvalue weighted by Crippen LogP contribution is -1.99. The van der Waals surface area contributed by atoms with Crippen LogP contribution < -0.4 is 9.47 Å². The minimum Gasteiger partial charge on any atom is -0.493 e. The van der Waals surface area contributed by atoms with Crippen LogP contribution in [0.2, 0.25) is 0 Å². The highest BCUT2D eigenvalue weighted by molar-refractivity contribution is 5.95. The van der Waals surface area contributed by atoms with Crippen molar-refractivity contribution in [3.8, 4) is 17.4 Å². The monoisotopic (exact) mass is 381 g/mol. The Morgan fingerprint density at radius 2 is 1.82 bits per heavy atom. The fourth-order valence-electron chi connectivity index (χ4n) is 3.16. The number of amides is 1. The van der Waals surface area contributed by atoms with Crippen molar-refractivity contribution >= 4 is 22.5 Å². The Kier molecular flexibility index (Phi) is 5.63. The summed E-state index contributed by atoms with van der Waals surface area (Å²) in [5, 5.41) is 19.2. The van der Waals surface area contributed by atoms with Crippen molar-refractivity contribution in [2.45, 2.75) is 26.3 Å². The van der Waals surface area contributed by atoms with Crippen molar-refractivity contribution in [3.05, 3.63) is 48.0 Å². The molecule has 1 heterocycles. The number of hydrogen-bond acceptors (Lipinski definition) is 5. The summed E-state index contributed by atoms with van der Waals surface area (Å²) in [4.78, 5) is 12.3. The largest absolute Gasteiger partial charge is 0.493 e. The number of rotatable bonds is 6. The van der Waals surface area contributed by atoms with Crippen molar-refractivity contribution in [1.29, 1.82) is 0 Å². The average Bonchev–Trinajstić information content (AvgIpc) is 2.97. The molecule has 7 heteroatoms. The van der Waals surface area contributed by atoms with Crippen LogP contribution in [0.5, 0.6) is 17.4 Å². The third kappa shape index (κ3) is 3.69. The maximum absolute atomic E-state index is 12.3. The number of azo groups is 1. The van der Waals surface area contributed by atoms with Crippen molar-refractivity contribution in [2.24, 2.45) is 10.2 Å². The second kappa shape index (κ2) is 8.12. The van der Waals surface area contributed by atoms with Gasteiger partial charge in [0.25, 0.3) is 5.91 Å². The number of para-hydroxylation sites is 1. The molecule has 0 unspecified atom stereocenters. The zero-order valence-corrected chi connectivity index (χ0v) is 16.3. The molecule has 3 aromatic rings. The zero-order chi connectivity index (χ0) is 20.3. The molecule has 3 rings (SSSR count). The van der Waals surface area contributed by atoms with E-state index in [0.29, 0.717) is 17.2 Å². The van der Waals surface area contributed by atoms with E-state index in [1.807, 2.05) is 38.1 Å². The predicted molar refractivity (Wildman–Crippen MR) is 107 cm³/mol. The predicted octanol–water partition coefficient (Wildman–Crippen LogP) is 4.80. The third-order valence-electron chi connectivity index (χ3n) is 4.44. The molecule has 0 radical (unpaired) electrons. The number of aromatic nitrogens is 1. The fraction of sp³-hybridized carbons (Fsp3) is 0.286. The van der Waals surface area contributed by atoms with Crippen molar-refractivity contribution in [2.75, 3.05) is 14.2 Å². The molecule has 0 spiro atoms. The molecule has 0 saturated heterocycles. The van der Waals surface area contributed by atoms with Gasteiger partial charge in [0.15, 0.2) is 17.2 Å². The Morgan fingerprint density at radius 1 is 1.11 bits per heavy atom. The van der Waals surface area contributed by atoms with E-state index >= 15 is 0 Å². The minimum absolute atomic E-state index is 0.00105. The van der Waals surface area contributed by atoms with Gasteiger partial charge in [0.1, 0.15) is 0 Å². The van der Waals surface area contributed by atoms with Crippen LogP contribution in [-0.4, -0.2) is 29.8 Å². The first-order valence-corrected chi connectivity index (χ1v) is 8.93. The molecular formula is C21H23N3O4. The molecule has 0 saturated carbocycles. The lowest BCUT2D eigenvalue weighted by Gasteiger charge is -2.10. The van der Waals surface area contributed by atoms with Crippen LogP contribution in [0.4, 0.5) is 5.69 Å². The molecule has 0 atom stereocenters. The highest BCUT2D eigenvalue weighted by atomic mass is 16.5. The van der Waals surface area contributed by atoms with Crippen molar-refractivity contribution in [1.82, 2.24) is 4.57 Å². The Hall–Kier alpha value is -3.35. The average molecular weight is 381 g/mol. The minimum atomic E-state index is -0.423. The molecule has 1 aromatic heterocycles. The van der Waals surface area contributed by atoms with E-state index in [2.05, 4.69) is 10.2 Å². The normalized spacial score (nSPS) is 11.5. The van der Waals surface area contributed by atoms with Gasteiger partial charge in [0, 0.05) is 11.4 Å². The van der Waals surface area contributed by atoms with Gasteiger partial charge in [-0.1, -0.05) is 24.3 Å². The molecule has 28 heavy (non-hydrogen) atoms. The van der Waals surface area contributed by atoms with E-state index in [1.165, 1.54) is 7.11 Å². The van der Waals surface area contributed by atoms with E-state index in [0.717, 1.165) is 16.5 Å². The quantitative estimate of drug-likeness (QED) is 0.622. The molecule has 2 aromatic carbocycles. The third-order valence-corrected chi connectivity index (χ3v) is 4.44. The van der Waals surface area contributed by atoms with Gasteiger partial charge >= 0.3 is 0 Å². The first kappa shape index (κ1) is 19.4. The van der Waals surface area contributed by atoms with Crippen molar-refractivity contribution < 1.29 is 19.4 Å². The van der Waals surface area contributed by atoms with Gasteiger partial charge in [0.2, 0.25) is 5.88 Å². The number of benzene rings is 2. The Morgan fingerprint density at radius 3 is 2.50 bits per heavy atom. The molecule has 7 nitrogen and oxygen atoms in total. The molecule has 0 bridgehead atoms. The van der Waals surface area contributed by atoms with Crippen LogP contribution in [0.15, 0.2) is 52.7 Å². The van der Waals surface area contributed by atoms with Gasteiger partial charge in [-0.25, -0.2) is 0 Å². The number of hydrogen-bond donors (Lipinski definition) is 1. The lowest BCUT2D eigenvalue weighted by atomic mass is 10.1.